The Balaban J connectivity index is 1.76. The maximum atomic E-state index is 11.8. The van der Waals surface area contributed by atoms with Crippen molar-refractivity contribution in [2.24, 2.45) is 5.92 Å². The highest BCUT2D eigenvalue weighted by molar-refractivity contribution is 8.01. The lowest BCUT2D eigenvalue weighted by Crippen LogP contribution is -2.33. The van der Waals surface area contributed by atoms with Crippen LogP contribution in [0.4, 0.5) is 0 Å². The van der Waals surface area contributed by atoms with E-state index >= 15 is 0 Å². The molecule has 0 saturated heterocycles. The third-order valence-corrected chi connectivity index (χ3v) is 5.06. The van der Waals surface area contributed by atoms with Crippen LogP contribution in [0.2, 0.25) is 0 Å². The molecule has 0 aliphatic carbocycles. The molecular weight excluding hydrogens is 304 g/mol. The molecule has 4 nitrogen and oxygen atoms in total. The number of aliphatic hydroxyl groups is 1. The number of carbonyl (C=O) groups excluding carboxylic acids is 1. The van der Waals surface area contributed by atoms with Crippen LogP contribution in [0.15, 0.2) is 28.6 Å². The van der Waals surface area contributed by atoms with E-state index in [1.165, 1.54) is 11.8 Å². The zero-order chi connectivity index (χ0) is 15.2. The number of fused-ring (bicyclic) bond motifs is 1. The topological polar surface area (TPSA) is 62.2 Å². The number of nitrogens with one attached hydrogen (secondary N) is 1. The normalized spacial score (nSPS) is 12.8. The van der Waals surface area contributed by atoms with E-state index in [1.807, 2.05) is 38.1 Å². The van der Waals surface area contributed by atoms with Crippen molar-refractivity contribution in [1.29, 1.82) is 0 Å². The van der Waals surface area contributed by atoms with Crippen LogP contribution < -0.4 is 5.32 Å². The van der Waals surface area contributed by atoms with E-state index in [1.54, 1.807) is 11.3 Å². The second-order valence-electron chi connectivity index (χ2n) is 5.32. The average Bonchev–Trinajstić information content (AvgIpc) is 2.85. The number of aromatic nitrogens is 1. The summed E-state index contributed by atoms with van der Waals surface area (Å²) in [5.41, 5.74) is 0.970. The summed E-state index contributed by atoms with van der Waals surface area (Å²) in [6.07, 6.45) is 0.229. The van der Waals surface area contributed by atoms with Gasteiger partial charge in [-0.05, 0) is 24.5 Å². The van der Waals surface area contributed by atoms with Gasteiger partial charge in [-0.1, -0.05) is 37.7 Å². The van der Waals surface area contributed by atoms with Crippen molar-refractivity contribution in [3.8, 4) is 0 Å². The van der Waals surface area contributed by atoms with Crippen molar-refractivity contribution in [3.05, 3.63) is 24.3 Å². The van der Waals surface area contributed by atoms with Gasteiger partial charge in [-0.3, -0.25) is 4.79 Å². The maximum Gasteiger partial charge on any atom is 0.230 e. The van der Waals surface area contributed by atoms with Gasteiger partial charge in [-0.2, -0.15) is 0 Å². The van der Waals surface area contributed by atoms with Crippen LogP contribution >= 0.6 is 23.1 Å². The van der Waals surface area contributed by atoms with E-state index in [2.05, 4.69) is 10.3 Å². The zero-order valence-corrected chi connectivity index (χ0v) is 13.8. The highest BCUT2D eigenvalue weighted by atomic mass is 32.2. The average molecular weight is 324 g/mol. The fraction of sp³-hybridized carbons (Fsp3) is 0.467. The number of para-hydroxylation sites is 1. The molecular formula is C15H20N2O2S2. The molecule has 0 aliphatic rings. The van der Waals surface area contributed by atoms with Gasteiger partial charge in [0.1, 0.15) is 0 Å². The highest BCUT2D eigenvalue weighted by Crippen LogP contribution is 2.28. The Hall–Kier alpha value is -1.11. The molecule has 2 aromatic rings. The molecule has 0 spiro atoms. The summed E-state index contributed by atoms with van der Waals surface area (Å²) >= 11 is 3.03. The number of rotatable bonds is 7. The van der Waals surface area contributed by atoms with Crippen molar-refractivity contribution in [2.75, 3.05) is 12.3 Å². The smallest absolute Gasteiger partial charge is 0.230 e. The summed E-state index contributed by atoms with van der Waals surface area (Å²) in [6, 6.07) is 7.94. The predicted molar refractivity (Wildman–Crippen MR) is 88.8 cm³/mol. The van der Waals surface area contributed by atoms with E-state index in [-0.39, 0.29) is 5.91 Å². The lowest BCUT2D eigenvalue weighted by Gasteiger charge is -2.13. The molecule has 0 bridgehead atoms. The molecule has 2 rings (SSSR count). The Bertz CT molecular complexity index is 565. The van der Waals surface area contributed by atoms with E-state index < -0.39 is 6.10 Å². The standard InChI is InChI=1S/C15H20N2O2S2/c1-10(2)7-11(18)8-16-14(19)9-20-15-17-12-5-3-4-6-13(12)21-15/h3-6,10-11,18H,7-9H2,1-2H3,(H,16,19). The summed E-state index contributed by atoms with van der Waals surface area (Å²) in [7, 11) is 0. The number of hydrogen-bond donors (Lipinski definition) is 2. The van der Waals surface area contributed by atoms with Gasteiger partial charge in [-0.15, -0.1) is 11.3 Å². The lowest BCUT2D eigenvalue weighted by molar-refractivity contribution is -0.119. The number of carbonyl (C=O) groups is 1. The van der Waals surface area contributed by atoms with Gasteiger partial charge in [0.05, 0.1) is 22.1 Å². The molecule has 0 radical (unpaired) electrons. The first-order chi connectivity index (χ1) is 10.0. The Kier molecular flexibility index (Phi) is 6.02. The second-order valence-corrected chi connectivity index (χ2v) is 7.58. The summed E-state index contributed by atoms with van der Waals surface area (Å²) in [5, 5.41) is 12.5. The summed E-state index contributed by atoms with van der Waals surface area (Å²) in [6.45, 7) is 4.42. The Morgan fingerprint density at radius 2 is 2.19 bits per heavy atom. The summed E-state index contributed by atoms with van der Waals surface area (Å²) < 4.78 is 2.03. The summed E-state index contributed by atoms with van der Waals surface area (Å²) in [4.78, 5) is 16.2. The van der Waals surface area contributed by atoms with Crippen LogP contribution in [0.3, 0.4) is 0 Å². The van der Waals surface area contributed by atoms with Crippen LogP contribution in [0.5, 0.6) is 0 Å². The van der Waals surface area contributed by atoms with E-state index in [0.29, 0.717) is 24.6 Å². The molecule has 21 heavy (non-hydrogen) atoms. The van der Waals surface area contributed by atoms with Crippen LogP contribution in [-0.4, -0.2) is 34.4 Å². The third kappa shape index (κ3) is 5.30. The number of amides is 1. The number of thiazole rings is 1. The fourth-order valence-electron chi connectivity index (χ4n) is 1.95. The van der Waals surface area contributed by atoms with Crippen LogP contribution in [0.1, 0.15) is 20.3 Å². The SMILES string of the molecule is CC(C)CC(O)CNC(=O)CSc1nc2ccccc2s1. The van der Waals surface area contributed by atoms with Gasteiger partial charge in [0, 0.05) is 6.54 Å². The number of benzene rings is 1. The molecule has 114 valence electrons. The lowest BCUT2D eigenvalue weighted by atomic mass is 10.1. The Morgan fingerprint density at radius 3 is 2.90 bits per heavy atom. The van der Waals surface area contributed by atoms with Crippen LogP contribution in [0, 0.1) is 5.92 Å². The van der Waals surface area contributed by atoms with Crippen LogP contribution in [0.25, 0.3) is 10.2 Å². The molecule has 0 saturated carbocycles. The quantitative estimate of drug-likeness (QED) is 0.769. The van der Waals surface area contributed by atoms with E-state index in [0.717, 1.165) is 14.6 Å². The fourth-order valence-corrected chi connectivity index (χ4v) is 3.85. The van der Waals surface area contributed by atoms with Gasteiger partial charge in [-0.25, -0.2) is 4.98 Å². The van der Waals surface area contributed by atoms with Crippen molar-refractivity contribution < 1.29 is 9.90 Å². The number of nitrogens with zero attached hydrogens (tertiary/aromatic N) is 1. The first-order valence-electron chi connectivity index (χ1n) is 6.97. The zero-order valence-electron chi connectivity index (χ0n) is 12.2. The largest absolute Gasteiger partial charge is 0.391 e. The van der Waals surface area contributed by atoms with Crippen molar-refractivity contribution in [3.63, 3.8) is 0 Å². The minimum atomic E-state index is -0.471. The molecule has 2 N–H and O–H groups in total. The predicted octanol–water partition coefficient (Wildman–Crippen LogP) is 2.91. The molecule has 1 amide bonds. The van der Waals surface area contributed by atoms with E-state index in [9.17, 15) is 9.90 Å². The minimum absolute atomic E-state index is 0.0675. The van der Waals surface area contributed by atoms with Crippen molar-refractivity contribution in [2.45, 2.75) is 30.7 Å². The molecule has 1 aromatic heterocycles. The first kappa shape index (κ1) is 16.3. The van der Waals surface area contributed by atoms with Gasteiger partial charge < -0.3 is 10.4 Å². The van der Waals surface area contributed by atoms with Crippen molar-refractivity contribution >= 4 is 39.2 Å². The number of thioether (sulfide) groups is 1. The first-order valence-corrected chi connectivity index (χ1v) is 8.78. The number of hydrogen-bond acceptors (Lipinski definition) is 5. The van der Waals surface area contributed by atoms with Gasteiger partial charge in [0.2, 0.25) is 5.91 Å². The third-order valence-electron chi connectivity index (χ3n) is 2.88. The maximum absolute atomic E-state index is 11.8. The molecule has 1 heterocycles. The van der Waals surface area contributed by atoms with Crippen molar-refractivity contribution in [1.82, 2.24) is 10.3 Å². The Labute approximate surface area is 133 Å². The molecule has 0 fully saturated rings. The minimum Gasteiger partial charge on any atom is -0.391 e. The monoisotopic (exact) mass is 324 g/mol. The Morgan fingerprint density at radius 1 is 1.43 bits per heavy atom. The van der Waals surface area contributed by atoms with Gasteiger partial charge in [0.15, 0.2) is 4.34 Å². The number of aliphatic hydroxyl groups excluding tert-OH is 1. The van der Waals surface area contributed by atoms with Gasteiger partial charge >= 0.3 is 0 Å². The van der Waals surface area contributed by atoms with Gasteiger partial charge in [0.25, 0.3) is 0 Å². The molecule has 1 atom stereocenters. The molecule has 1 aromatic carbocycles. The highest BCUT2D eigenvalue weighted by Gasteiger charge is 2.10. The summed E-state index contributed by atoms with van der Waals surface area (Å²) in [5.74, 6) is 0.685. The second kappa shape index (κ2) is 7.77. The molecule has 6 heteroatoms. The van der Waals surface area contributed by atoms with Crippen LogP contribution in [-0.2, 0) is 4.79 Å². The van der Waals surface area contributed by atoms with E-state index in [4.69, 9.17) is 0 Å². The molecule has 0 aliphatic heterocycles. The molecule has 1 unspecified atom stereocenters.